The molecular formula is C15H9ClI2O2. The van der Waals surface area contributed by atoms with Gasteiger partial charge in [0.15, 0.2) is 5.78 Å². The third kappa shape index (κ3) is 3.95. The number of allylic oxidation sites excluding steroid dienone is 1. The highest BCUT2D eigenvalue weighted by molar-refractivity contribution is 14.1. The Morgan fingerprint density at radius 3 is 2.45 bits per heavy atom. The van der Waals surface area contributed by atoms with Gasteiger partial charge in [0.25, 0.3) is 0 Å². The maximum Gasteiger partial charge on any atom is 0.189 e. The molecule has 2 aromatic carbocycles. The molecule has 0 saturated carbocycles. The molecule has 2 nitrogen and oxygen atoms in total. The van der Waals surface area contributed by atoms with Crippen LogP contribution in [-0.4, -0.2) is 10.9 Å². The number of hydrogen-bond donors (Lipinski definition) is 1. The van der Waals surface area contributed by atoms with Gasteiger partial charge in [0.1, 0.15) is 5.75 Å². The van der Waals surface area contributed by atoms with Gasteiger partial charge >= 0.3 is 0 Å². The number of phenolic OH excluding ortho intramolecular Hbond substituents is 1. The van der Waals surface area contributed by atoms with Gasteiger partial charge in [-0.25, -0.2) is 0 Å². The molecule has 0 aliphatic heterocycles. The van der Waals surface area contributed by atoms with Crippen molar-refractivity contribution in [1.82, 2.24) is 0 Å². The van der Waals surface area contributed by atoms with E-state index in [0.29, 0.717) is 14.2 Å². The van der Waals surface area contributed by atoms with Crippen LogP contribution < -0.4 is 0 Å². The second kappa shape index (κ2) is 6.91. The van der Waals surface area contributed by atoms with Gasteiger partial charge in [-0.2, -0.15) is 0 Å². The molecule has 1 N–H and O–H groups in total. The quantitative estimate of drug-likeness (QED) is 0.352. The average molecular weight is 510 g/mol. The summed E-state index contributed by atoms with van der Waals surface area (Å²) in [5.41, 5.74) is 1.19. The molecule has 0 heterocycles. The number of hydrogen-bond acceptors (Lipinski definition) is 2. The van der Waals surface area contributed by atoms with Gasteiger partial charge in [0.2, 0.25) is 0 Å². The second-order valence-electron chi connectivity index (χ2n) is 4.03. The monoisotopic (exact) mass is 510 g/mol. The molecule has 0 radical (unpaired) electrons. The van der Waals surface area contributed by atoms with Crippen LogP contribution in [0.3, 0.4) is 0 Å². The summed E-state index contributed by atoms with van der Waals surface area (Å²) in [6.45, 7) is 0. The highest BCUT2D eigenvalue weighted by Crippen LogP contribution is 2.27. The Bertz CT molecular complexity index is 679. The number of halogens is 3. The van der Waals surface area contributed by atoms with Crippen LogP contribution in [0.1, 0.15) is 15.9 Å². The number of aromatic hydroxyl groups is 1. The number of carbonyl (C=O) groups excluding carboxylic acids is 1. The maximum atomic E-state index is 12.1. The molecule has 0 bridgehead atoms. The van der Waals surface area contributed by atoms with E-state index in [1.807, 2.05) is 40.8 Å². The number of phenols is 1. The molecular weight excluding hydrogens is 501 g/mol. The molecule has 5 heteroatoms. The fraction of sp³-hybridized carbons (Fsp3) is 0. The fourth-order valence-corrected chi connectivity index (χ4v) is 3.56. The Morgan fingerprint density at radius 2 is 1.80 bits per heavy atom. The summed E-state index contributed by atoms with van der Waals surface area (Å²) < 4.78 is 1.57. The Labute approximate surface area is 149 Å². The van der Waals surface area contributed by atoms with Gasteiger partial charge < -0.3 is 5.11 Å². The Morgan fingerprint density at radius 1 is 1.15 bits per heavy atom. The normalized spacial score (nSPS) is 10.9. The van der Waals surface area contributed by atoms with Crippen molar-refractivity contribution in [1.29, 1.82) is 0 Å². The van der Waals surface area contributed by atoms with Crippen LogP contribution in [0.4, 0.5) is 0 Å². The summed E-state index contributed by atoms with van der Waals surface area (Å²) in [6.07, 6.45) is 3.15. The zero-order chi connectivity index (χ0) is 14.7. The van der Waals surface area contributed by atoms with Crippen molar-refractivity contribution in [3.63, 3.8) is 0 Å². The van der Waals surface area contributed by atoms with Crippen LogP contribution in [0, 0.1) is 7.14 Å². The minimum absolute atomic E-state index is 0.0248. The zero-order valence-corrected chi connectivity index (χ0v) is 15.2. The minimum atomic E-state index is -0.228. The van der Waals surface area contributed by atoms with E-state index in [-0.39, 0.29) is 11.5 Å². The summed E-state index contributed by atoms with van der Waals surface area (Å²) in [5, 5.41) is 10.6. The predicted octanol–water partition coefficient (Wildman–Crippen LogP) is 5.15. The van der Waals surface area contributed by atoms with Crippen molar-refractivity contribution in [3.05, 3.63) is 65.8 Å². The molecule has 102 valence electrons. The lowest BCUT2D eigenvalue weighted by Gasteiger charge is -2.04. The van der Waals surface area contributed by atoms with E-state index in [2.05, 4.69) is 22.6 Å². The fourth-order valence-electron chi connectivity index (χ4n) is 1.59. The summed E-state index contributed by atoms with van der Waals surface area (Å²) >= 11 is 9.92. The van der Waals surface area contributed by atoms with Crippen molar-refractivity contribution in [3.8, 4) is 5.75 Å². The molecule has 2 aromatic rings. The SMILES string of the molecule is O=C(/C=C/c1ccc(Cl)cc1)c1cc(I)cc(I)c1O. The van der Waals surface area contributed by atoms with Crippen LogP contribution in [0.2, 0.25) is 5.02 Å². The maximum absolute atomic E-state index is 12.1. The van der Waals surface area contributed by atoms with Gasteiger partial charge in [0, 0.05) is 8.59 Å². The lowest BCUT2D eigenvalue weighted by atomic mass is 10.1. The van der Waals surface area contributed by atoms with Crippen molar-refractivity contribution >= 4 is 68.6 Å². The van der Waals surface area contributed by atoms with E-state index in [1.54, 1.807) is 24.3 Å². The van der Waals surface area contributed by atoms with E-state index in [4.69, 9.17) is 11.6 Å². The Kier molecular flexibility index (Phi) is 5.45. The number of rotatable bonds is 3. The first-order chi connectivity index (χ1) is 9.47. The molecule has 2 rings (SSSR count). The summed E-state index contributed by atoms with van der Waals surface area (Å²) in [6, 6.07) is 10.7. The van der Waals surface area contributed by atoms with Gasteiger partial charge in [0.05, 0.1) is 9.13 Å². The highest BCUT2D eigenvalue weighted by atomic mass is 127. The van der Waals surface area contributed by atoms with Gasteiger partial charge in [-0.1, -0.05) is 29.8 Å². The molecule has 0 aliphatic carbocycles. The number of benzene rings is 2. The van der Waals surface area contributed by atoms with Crippen LogP contribution in [0.15, 0.2) is 42.5 Å². The van der Waals surface area contributed by atoms with Crippen molar-refractivity contribution in [2.75, 3.05) is 0 Å². The lowest BCUT2D eigenvalue weighted by Crippen LogP contribution is -1.97. The Hall–Kier alpha value is -0.600. The van der Waals surface area contributed by atoms with Gasteiger partial charge in [-0.3, -0.25) is 4.79 Å². The lowest BCUT2D eigenvalue weighted by molar-refractivity contribution is 0.104. The first-order valence-corrected chi connectivity index (χ1v) is 8.17. The third-order valence-corrected chi connectivity index (χ3v) is 4.29. The van der Waals surface area contributed by atoms with Gasteiger partial charge in [-0.15, -0.1) is 0 Å². The molecule has 0 amide bonds. The van der Waals surface area contributed by atoms with E-state index in [9.17, 15) is 9.90 Å². The average Bonchev–Trinajstić information content (AvgIpc) is 2.42. The van der Waals surface area contributed by atoms with E-state index in [1.165, 1.54) is 6.08 Å². The van der Waals surface area contributed by atoms with Crippen LogP contribution in [-0.2, 0) is 0 Å². The number of carbonyl (C=O) groups is 1. The Balaban J connectivity index is 2.26. The molecule has 0 atom stereocenters. The third-order valence-electron chi connectivity index (χ3n) is 2.59. The standard InChI is InChI=1S/C15H9ClI2O2/c16-10-4-1-9(2-5-10)3-6-14(19)12-7-11(17)8-13(18)15(12)20/h1-8,20H/b6-3+. The number of ketones is 1. The van der Waals surface area contributed by atoms with E-state index < -0.39 is 0 Å². The first-order valence-electron chi connectivity index (χ1n) is 5.63. The molecule has 0 aliphatic rings. The van der Waals surface area contributed by atoms with Crippen molar-refractivity contribution < 1.29 is 9.90 Å². The molecule has 0 saturated heterocycles. The molecule has 0 aromatic heterocycles. The second-order valence-corrected chi connectivity index (χ2v) is 6.88. The summed E-state index contributed by atoms with van der Waals surface area (Å²) in [4.78, 5) is 12.1. The molecule has 20 heavy (non-hydrogen) atoms. The zero-order valence-electron chi connectivity index (χ0n) is 10.1. The summed E-state index contributed by atoms with van der Waals surface area (Å²) in [5.74, 6) is -0.203. The van der Waals surface area contributed by atoms with Crippen LogP contribution in [0.25, 0.3) is 6.08 Å². The van der Waals surface area contributed by atoms with Crippen molar-refractivity contribution in [2.24, 2.45) is 0 Å². The largest absolute Gasteiger partial charge is 0.506 e. The highest BCUT2D eigenvalue weighted by Gasteiger charge is 2.12. The van der Waals surface area contributed by atoms with E-state index in [0.717, 1.165) is 9.13 Å². The molecule has 0 spiro atoms. The topological polar surface area (TPSA) is 37.3 Å². The molecule has 0 unspecified atom stereocenters. The summed E-state index contributed by atoms with van der Waals surface area (Å²) in [7, 11) is 0. The predicted molar refractivity (Wildman–Crippen MR) is 98.4 cm³/mol. The van der Waals surface area contributed by atoms with Crippen LogP contribution in [0.5, 0.6) is 5.75 Å². The van der Waals surface area contributed by atoms with Crippen molar-refractivity contribution in [2.45, 2.75) is 0 Å². The smallest absolute Gasteiger partial charge is 0.189 e. The van der Waals surface area contributed by atoms with Crippen LogP contribution >= 0.6 is 56.8 Å². The minimum Gasteiger partial charge on any atom is -0.506 e. The first kappa shape index (κ1) is 15.8. The van der Waals surface area contributed by atoms with E-state index >= 15 is 0 Å². The van der Waals surface area contributed by atoms with Gasteiger partial charge in [-0.05, 0) is 81.1 Å². The molecule has 0 fully saturated rings.